The number of phenolic OH excluding ortho intramolecular Hbond substituents is 1. The average molecular weight is 1340 g/mol. The summed E-state index contributed by atoms with van der Waals surface area (Å²) in [6.07, 6.45) is -0.442. The van der Waals surface area contributed by atoms with Gasteiger partial charge in [-0.1, -0.05) is 49.4 Å². The van der Waals surface area contributed by atoms with Crippen molar-refractivity contribution in [3.8, 4) is 49.1 Å². The Kier molecular flexibility index (Phi) is 18.3. The molecule has 9 heterocycles. The summed E-state index contributed by atoms with van der Waals surface area (Å²) in [5.74, 6) is -4.86. The van der Waals surface area contributed by atoms with Gasteiger partial charge in [0.2, 0.25) is 11.8 Å². The minimum Gasteiger partial charge on any atom is -0.508 e. The average Bonchev–Trinajstić information content (AvgIpc) is 1.69. The molecule has 9 aromatic rings. The van der Waals surface area contributed by atoms with Crippen LogP contribution in [0.1, 0.15) is 136 Å². The number of hydrogen-bond donors (Lipinski definition) is 8. The number of carbonyl (C=O) groups is 7. The fourth-order valence-electron chi connectivity index (χ4n) is 11.2. The highest BCUT2D eigenvalue weighted by molar-refractivity contribution is 7.15. The van der Waals surface area contributed by atoms with Gasteiger partial charge in [0.1, 0.15) is 93.8 Å². The lowest BCUT2D eigenvalue weighted by atomic mass is 9.86. The van der Waals surface area contributed by atoms with Gasteiger partial charge in [-0.2, -0.15) is 0 Å². The molecule has 1 saturated carbocycles. The van der Waals surface area contributed by atoms with Crippen molar-refractivity contribution < 1.29 is 53.6 Å². The van der Waals surface area contributed by atoms with E-state index in [0.29, 0.717) is 90.1 Å². The molecule has 2 aromatic carbocycles. The van der Waals surface area contributed by atoms with Gasteiger partial charge in [0.05, 0.1) is 43.3 Å². The monoisotopic (exact) mass is 1340 g/mol. The molecule has 10 bridgehead atoms. The minimum atomic E-state index is -1.41. The van der Waals surface area contributed by atoms with Crippen LogP contribution in [-0.4, -0.2) is 128 Å². The third-order valence-corrected chi connectivity index (χ3v) is 21.6. The van der Waals surface area contributed by atoms with Gasteiger partial charge in [-0.25, -0.2) is 34.9 Å². The van der Waals surface area contributed by atoms with Gasteiger partial charge in [0, 0.05) is 62.3 Å². The number of aliphatic hydroxyl groups is 2. The summed E-state index contributed by atoms with van der Waals surface area (Å²) in [5.41, 5.74) is 8.81. The van der Waals surface area contributed by atoms with Crippen molar-refractivity contribution in [2.24, 2.45) is 17.6 Å². The molecule has 7 aromatic heterocycles. The summed E-state index contributed by atoms with van der Waals surface area (Å²) < 4.78 is 4.93. The number of nitrogens with one attached hydrogen (secondary N) is 4. The Labute approximate surface area is 543 Å². The van der Waals surface area contributed by atoms with Crippen molar-refractivity contribution in [3.05, 3.63) is 147 Å². The lowest BCUT2D eigenvalue weighted by Gasteiger charge is -2.29. The van der Waals surface area contributed by atoms with E-state index in [1.54, 1.807) is 83.0 Å². The predicted octanol–water partition coefficient (Wildman–Crippen LogP) is 7.75. The first-order valence-corrected chi connectivity index (χ1v) is 33.9. The number of aliphatic hydroxyl groups excluding tert-OH is 2. The Morgan fingerprint density at radius 3 is 2.09 bits per heavy atom. The van der Waals surface area contributed by atoms with Gasteiger partial charge >= 0.3 is 5.97 Å². The number of aromatic hydroxyl groups is 1. The summed E-state index contributed by atoms with van der Waals surface area (Å²) >= 11 is 6.94. The lowest BCUT2D eigenvalue weighted by molar-refractivity contribution is -0.146. The zero-order valence-corrected chi connectivity index (χ0v) is 53.5. The molecule has 91 heavy (non-hydrogen) atoms. The fourth-order valence-corrected chi connectivity index (χ4v) is 16.5. The Balaban J connectivity index is 0.925. The molecule has 468 valence electrons. The van der Waals surface area contributed by atoms with Crippen LogP contribution in [0.2, 0.25) is 0 Å². The lowest BCUT2D eigenvalue weighted by Crippen LogP contribution is -2.50. The van der Waals surface area contributed by atoms with Gasteiger partial charge in [-0.05, 0) is 68.0 Å². The third kappa shape index (κ3) is 13.4. The van der Waals surface area contributed by atoms with E-state index in [4.69, 9.17) is 35.4 Å². The van der Waals surface area contributed by atoms with E-state index >= 15 is 4.79 Å². The molecule has 3 aliphatic rings. The number of esters is 1. The normalized spacial score (nSPS) is 21.6. The number of methoxy groups -OCH3 is 1. The van der Waals surface area contributed by atoms with Gasteiger partial charge < -0.3 is 52.0 Å². The number of hydrogen-bond acceptors (Lipinski definition) is 24. The number of nitrogens with zero attached hydrogens (tertiary/aromatic N) is 8. The number of phenols is 1. The van der Waals surface area contributed by atoms with Crippen molar-refractivity contribution in [3.63, 3.8) is 0 Å². The van der Waals surface area contributed by atoms with Crippen LogP contribution in [-0.2, 0) is 25.5 Å². The standard InChI is InChI=1S/C61H57N13O11S6/c1-27-43(76)21-74-48(27)59-71-42(26-90-59)56-67-38(22-87-56)46-34(17-18-35(64-46)55-69-39(24-88-55)50(79)63-32-13-11-31(12-14-32)61(84)85-3)54-68-40(23-86-54)51(80)65-36(20-44(62)77)57-73-45(28(2)91-57)53(82)72-47(49(78)30-7-5-4-6-8-30)58-70-41(25-89-58)52(81)66-37(60(74)83)19-29-9-15-33(75)16-10-29/h4-10,15-18,22-27,31-32,36-37,43,47-49,75-76,78H,11-14,19-21H2,1-3H3,(H2,62,77)(H,63,79)(H,65,80)(H,66,81)(H,72,82)/t27-,31?,32?,36-,37-,43-,47?,48-,49+/m0/s1. The maximum atomic E-state index is 15.2. The highest BCUT2D eigenvalue weighted by Gasteiger charge is 2.46. The topological polar surface area (TPSA) is 357 Å². The summed E-state index contributed by atoms with van der Waals surface area (Å²) in [6.45, 7) is 3.36. The molecule has 6 amide bonds. The van der Waals surface area contributed by atoms with Crippen LogP contribution in [0.5, 0.6) is 5.75 Å². The highest BCUT2D eigenvalue weighted by atomic mass is 32.1. The molecule has 12 rings (SSSR count). The number of thiazole rings is 6. The van der Waals surface area contributed by atoms with Crippen LogP contribution in [0.15, 0.2) is 93.6 Å². The first-order chi connectivity index (χ1) is 43.8. The van der Waals surface area contributed by atoms with E-state index in [9.17, 15) is 44.1 Å². The molecule has 24 nitrogen and oxygen atoms in total. The van der Waals surface area contributed by atoms with Crippen LogP contribution < -0.4 is 27.0 Å². The maximum absolute atomic E-state index is 15.2. The molecule has 30 heteroatoms. The zero-order valence-electron chi connectivity index (χ0n) is 48.6. The number of pyridine rings is 1. The van der Waals surface area contributed by atoms with E-state index in [2.05, 4.69) is 31.2 Å². The molecule has 2 aliphatic heterocycles. The Morgan fingerprint density at radius 2 is 1.34 bits per heavy atom. The highest BCUT2D eigenvalue weighted by Crippen LogP contribution is 2.43. The molecule has 0 spiro atoms. The van der Waals surface area contributed by atoms with Crippen LogP contribution in [0, 0.1) is 18.8 Å². The molecule has 0 radical (unpaired) electrons. The second-order valence-corrected chi connectivity index (χ2v) is 27.7. The quantitative estimate of drug-likeness (QED) is 0.0606. The van der Waals surface area contributed by atoms with Gasteiger partial charge in [0.15, 0.2) is 0 Å². The number of carbonyl (C=O) groups excluding carboxylic acids is 7. The zero-order chi connectivity index (χ0) is 63.8. The summed E-state index contributed by atoms with van der Waals surface area (Å²) in [7, 11) is 1.37. The van der Waals surface area contributed by atoms with Crippen molar-refractivity contribution in [1.82, 2.24) is 61.1 Å². The Morgan fingerprint density at radius 1 is 0.692 bits per heavy atom. The van der Waals surface area contributed by atoms with Crippen molar-refractivity contribution in [1.29, 1.82) is 0 Å². The van der Waals surface area contributed by atoms with E-state index < -0.39 is 78.2 Å². The second kappa shape index (κ2) is 26.7. The molecule has 9 N–H and O–H groups in total. The van der Waals surface area contributed by atoms with Crippen LogP contribution >= 0.6 is 68.0 Å². The number of aromatic nitrogens is 7. The summed E-state index contributed by atoms with van der Waals surface area (Å²) in [4.78, 5) is 133. The fraction of sp³-hybridized carbons (Fsp3) is 0.311. The molecule has 7 atom stereocenters. The molecular weight excluding hydrogens is 1280 g/mol. The van der Waals surface area contributed by atoms with E-state index in [0.717, 1.165) is 34.0 Å². The summed E-state index contributed by atoms with van der Waals surface area (Å²) in [5, 5.41) is 55.7. The minimum absolute atomic E-state index is 0.00545. The van der Waals surface area contributed by atoms with Crippen LogP contribution in [0.3, 0.4) is 0 Å². The number of fused-ring (bicyclic) bond motifs is 16. The Hall–Kier alpha value is -8.62. The second-order valence-electron chi connectivity index (χ2n) is 22.1. The smallest absolute Gasteiger partial charge is 0.308 e. The SMILES string of the molecule is COC(=O)C1CCC(NC(=O)c2csc(-c3ccc4c(n3)-c3csc(n3)-c3csc(n3)[C@@H]3[C@@H](C)[C@@H](O)CN3C(=O)[C@H](Cc3ccc(O)cc3)NC(=O)c3csc(n3)C([C@H](O)c3ccccc3)NC(=O)c3nc(sc3C)[C@H](CC(N)=O)NC(=O)c3csc-4n3)n2)CC1. The van der Waals surface area contributed by atoms with E-state index in [1.807, 2.05) is 6.92 Å². The number of ether oxygens (including phenoxy) is 1. The first kappa shape index (κ1) is 62.6. The third-order valence-electron chi connectivity index (χ3n) is 16.0. The summed E-state index contributed by atoms with van der Waals surface area (Å²) in [6, 6.07) is 13.7. The van der Waals surface area contributed by atoms with Gasteiger partial charge in [-0.15, -0.1) is 68.0 Å². The molecule has 2 fully saturated rings. The molecular formula is C61H57N13O11S6. The molecule has 1 unspecified atom stereocenters. The number of benzene rings is 2. The predicted molar refractivity (Wildman–Crippen MR) is 341 cm³/mol. The number of primary amides is 1. The molecule has 1 aliphatic carbocycles. The number of rotatable bonds is 10. The van der Waals surface area contributed by atoms with Crippen molar-refractivity contribution in [2.75, 3.05) is 13.7 Å². The van der Waals surface area contributed by atoms with Crippen molar-refractivity contribution >= 4 is 109 Å². The molecule has 1 saturated heterocycles. The van der Waals surface area contributed by atoms with Crippen LogP contribution in [0.4, 0.5) is 0 Å². The van der Waals surface area contributed by atoms with Gasteiger partial charge in [0.25, 0.3) is 23.6 Å². The van der Waals surface area contributed by atoms with Crippen LogP contribution in [0.25, 0.3) is 43.4 Å². The Bertz CT molecular complexity index is 4230. The number of nitrogens with two attached hydrogens (primary N) is 1. The largest absolute Gasteiger partial charge is 0.508 e. The van der Waals surface area contributed by atoms with Crippen molar-refractivity contribution in [2.45, 2.75) is 94.8 Å². The number of amides is 6. The van der Waals surface area contributed by atoms with E-state index in [1.165, 1.54) is 63.5 Å². The number of aryl methyl sites for hydroxylation is 1. The first-order valence-electron chi connectivity index (χ1n) is 28.7. The van der Waals surface area contributed by atoms with Gasteiger partial charge in [-0.3, -0.25) is 33.6 Å². The van der Waals surface area contributed by atoms with E-state index in [-0.39, 0.29) is 75.3 Å². The maximum Gasteiger partial charge on any atom is 0.308 e.